The third-order valence-corrected chi connectivity index (χ3v) is 9.71. The fourth-order valence-corrected chi connectivity index (χ4v) is 7.19. The summed E-state index contributed by atoms with van der Waals surface area (Å²) >= 11 is 0. The van der Waals surface area contributed by atoms with Gasteiger partial charge in [0.15, 0.2) is 5.82 Å². The number of nitrogens with zero attached hydrogens (tertiary/aromatic N) is 7. The molecule has 2 atom stereocenters. The van der Waals surface area contributed by atoms with Crippen LogP contribution in [0.4, 0.5) is 36.3 Å². The van der Waals surface area contributed by atoms with Gasteiger partial charge in [0, 0.05) is 63.3 Å². The number of hydrogen-bond donors (Lipinski definition) is 1. The number of benzene rings is 1. The summed E-state index contributed by atoms with van der Waals surface area (Å²) in [7, 11) is 1.59. The van der Waals surface area contributed by atoms with E-state index in [1.807, 2.05) is 12.1 Å². The molecule has 13 heteroatoms. The smallest absolute Gasteiger partial charge is 0.416 e. The molecule has 3 aliphatic heterocycles. The van der Waals surface area contributed by atoms with Crippen LogP contribution in [0.25, 0.3) is 0 Å². The summed E-state index contributed by atoms with van der Waals surface area (Å²) in [6.45, 7) is 8.15. The summed E-state index contributed by atoms with van der Waals surface area (Å²) in [4.78, 5) is 27.1. The Bertz CT molecular complexity index is 1510. The van der Waals surface area contributed by atoms with Crippen molar-refractivity contribution in [2.24, 2.45) is 0 Å². The Hall–Kier alpha value is -3.68. The largest absolute Gasteiger partial charge is 0.479 e. The molecule has 0 bridgehead atoms. The van der Waals surface area contributed by atoms with Crippen LogP contribution in [0.1, 0.15) is 56.2 Å². The van der Waals surface area contributed by atoms with Gasteiger partial charge in [0.25, 0.3) is 0 Å². The Balaban J connectivity index is 0.995. The maximum atomic E-state index is 13.4. The van der Waals surface area contributed by atoms with Gasteiger partial charge in [-0.3, -0.25) is 14.6 Å². The zero-order valence-electron chi connectivity index (χ0n) is 26.3. The van der Waals surface area contributed by atoms with E-state index < -0.39 is 17.8 Å². The van der Waals surface area contributed by atoms with Crippen molar-refractivity contribution in [3.05, 3.63) is 59.9 Å². The molecule has 1 saturated carbocycles. The molecular formula is C33H41F3N8O2. The Morgan fingerprint density at radius 3 is 2.48 bits per heavy atom. The van der Waals surface area contributed by atoms with Gasteiger partial charge in [-0.2, -0.15) is 18.2 Å². The molecule has 1 N–H and O–H groups in total. The van der Waals surface area contributed by atoms with E-state index in [0.717, 1.165) is 50.4 Å². The predicted octanol–water partition coefficient (Wildman–Crippen LogP) is 5.66. The highest BCUT2D eigenvalue weighted by atomic mass is 19.4. The maximum Gasteiger partial charge on any atom is 0.416 e. The predicted molar refractivity (Wildman–Crippen MR) is 169 cm³/mol. The lowest BCUT2D eigenvalue weighted by molar-refractivity contribution is -0.137. The van der Waals surface area contributed by atoms with Crippen molar-refractivity contribution >= 4 is 23.1 Å². The molecule has 7 rings (SSSR count). The van der Waals surface area contributed by atoms with E-state index >= 15 is 0 Å². The topological polar surface area (TPSA) is 82.1 Å². The highest BCUT2D eigenvalue weighted by Crippen LogP contribution is 2.38. The van der Waals surface area contributed by atoms with E-state index in [9.17, 15) is 13.2 Å². The molecule has 46 heavy (non-hydrogen) atoms. The Labute approximate surface area is 267 Å². The number of methoxy groups -OCH3 is 1. The monoisotopic (exact) mass is 638 g/mol. The lowest BCUT2D eigenvalue weighted by Gasteiger charge is -2.46. The van der Waals surface area contributed by atoms with Crippen LogP contribution in [0.2, 0.25) is 0 Å². The molecule has 4 aliphatic rings. The summed E-state index contributed by atoms with van der Waals surface area (Å²) in [5.74, 6) is 2.25. The van der Waals surface area contributed by atoms with E-state index in [2.05, 4.69) is 36.9 Å². The third-order valence-electron chi connectivity index (χ3n) is 9.71. The molecule has 3 aromatic rings. The Kier molecular flexibility index (Phi) is 8.64. The summed E-state index contributed by atoms with van der Waals surface area (Å²) in [5.41, 5.74) is 0.466. The van der Waals surface area contributed by atoms with Gasteiger partial charge in [-0.25, -0.2) is 15.0 Å². The van der Waals surface area contributed by atoms with Crippen LogP contribution in [-0.2, 0) is 11.0 Å². The number of pyridine rings is 1. The van der Waals surface area contributed by atoms with Gasteiger partial charge >= 0.3 is 6.18 Å². The Morgan fingerprint density at radius 2 is 1.74 bits per heavy atom. The van der Waals surface area contributed by atoms with Crippen molar-refractivity contribution in [1.29, 1.82) is 0 Å². The summed E-state index contributed by atoms with van der Waals surface area (Å²) in [6.07, 6.45) is 2.47. The first kappa shape index (κ1) is 30.9. The van der Waals surface area contributed by atoms with Crippen molar-refractivity contribution in [3.8, 4) is 5.88 Å². The summed E-state index contributed by atoms with van der Waals surface area (Å²) in [5, 5.41) is 4.83. The second-order valence-electron chi connectivity index (χ2n) is 12.7. The van der Waals surface area contributed by atoms with Crippen LogP contribution < -0.4 is 20.0 Å². The molecule has 246 valence electrons. The van der Waals surface area contributed by atoms with E-state index in [1.54, 1.807) is 24.3 Å². The number of rotatable bonds is 8. The van der Waals surface area contributed by atoms with Crippen molar-refractivity contribution in [1.82, 2.24) is 24.8 Å². The average Bonchev–Trinajstić information content (AvgIpc) is 3.79. The normalized spacial score (nSPS) is 23.6. The molecule has 5 heterocycles. The van der Waals surface area contributed by atoms with Gasteiger partial charge in [0.05, 0.1) is 25.3 Å². The Morgan fingerprint density at radius 1 is 0.913 bits per heavy atom. The van der Waals surface area contributed by atoms with Crippen molar-refractivity contribution in [2.75, 3.05) is 61.7 Å². The van der Waals surface area contributed by atoms with Crippen LogP contribution in [0.15, 0.2) is 48.8 Å². The van der Waals surface area contributed by atoms with Crippen molar-refractivity contribution in [2.45, 2.75) is 69.4 Å². The third kappa shape index (κ3) is 6.58. The number of nitrogens with one attached hydrogen (secondary N) is 1. The molecule has 0 unspecified atom stereocenters. The second-order valence-corrected chi connectivity index (χ2v) is 12.7. The SMILES string of the molecule is COc1nc(N2CCC(N3CCN(C4CC4)[C@@H](C)C3)CC2)ccc1Nc1cc(N2OCC[C@@H]2c2cccc(C(F)(F)F)c2)ncn1. The molecule has 4 fully saturated rings. The number of halogens is 3. The number of ether oxygens (including phenoxy) is 1. The molecule has 10 nitrogen and oxygen atoms in total. The molecular weight excluding hydrogens is 597 g/mol. The number of alkyl halides is 3. The maximum absolute atomic E-state index is 13.4. The number of anilines is 4. The van der Waals surface area contributed by atoms with Crippen LogP contribution in [0.3, 0.4) is 0 Å². The van der Waals surface area contributed by atoms with Gasteiger partial charge < -0.3 is 15.0 Å². The standard InChI is InChI=1S/C33H41F3N8O2/c1-22-20-42(15-16-43(22)26-6-7-26)25-10-13-41(14-11-25)30-9-8-27(32(40-30)45-2)39-29-19-31(38-21-37-29)44-28(12-17-46-44)23-4-3-5-24(18-23)33(34,35)36/h3-5,8-9,18-19,21-22,25-26,28H,6-7,10-17,20H2,1-2H3,(H,37,38,39)/t22-,28+/m0/s1. The quantitative estimate of drug-likeness (QED) is 0.334. The van der Waals surface area contributed by atoms with Crippen LogP contribution in [-0.4, -0.2) is 89.3 Å². The highest BCUT2D eigenvalue weighted by Gasteiger charge is 2.38. The lowest BCUT2D eigenvalue weighted by Crippen LogP contribution is -2.57. The fourth-order valence-electron chi connectivity index (χ4n) is 7.19. The summed E-state index contributed by atoms with van der Waals surface area (Å²) < 4.78 is 45.8. The van der Waals surface area contributed by atoms with Gasteiger partial charge in [-0.15, -0.1) is 0 Å². The first-order chi connectivity index (χ1) is 22.3. The second kappa shape index (κ2) is 12.8. The van der Waals surface area contributed by atoms with Crippen LogP contribution in [0, 0.1) is 0 Å². The van der Waals surface area contributed by atoms with Gasteiger partial charge in [0.2, 0.25) is 5.88 Å². The molecule has 2 aromatic heterocycles. The lowest BCUT2D eigenvalue weighted by atomic mass is 10.0. The van der Waals surface area contributed by atoms with E-state index in [1.165, 1.54) is 44.4 Å². The van der Waals surface area contributed by atoms with Gasteiger partial charge in [-0.05, 0) is 62.4 Å². The van der Waals surface area contributed by atoms with Crippen molar-refractivity contribution < 1.29 is 22.7 Å². The minimum atomic E-state index is -4.42. The zero-order chi connectivity index (χ0) is 31.8. The summed E-state index contributed by atoms with van der Waals surface area (Å²) in [6, 6.07) is 12.6. The average molecular weight is 639 g/mol. The minimum absolute atomic E-state index is 0.361. The highest BCUT2D eigenvalue weighted by molar-refractivity contribution is 5.66. The van der Waals surface area contributed by atoms with Crippen LogP contribution in [0.5, 0.6) is 5.88 Å². The number of piperazine rings is 1. The van der Waals surface area contributed by atoms with Gasteiger partial charge in [0.1, 0.15) is 23.7 Å². The van der Waals surface area contributed by atoms with Crippen LogP contribution >= 0.6 is 0 Å². The molecule has 1 aromatic carbocycles. The fraction of sp³-hybridized carbons (Fsp3) is 0.545. The molecule has 0 radical (unpaired) electrons. The zero-order valence-corrected chi connectivity index (χ0v) is 26.3. The van der Waals surface area contributed by atoms with E-state index in [-0.39, 0.29) is 0 Å². The first-order valence-electron chi connectivity index (χ1n) is 16.2. The van der Waals surface area contributed by atoms with Crippen molar-refractivity contribution in [3.63, 3.8) is 0 Å². The number of aromatic nitrogens is 3. The molecule has 1 aliphatic carbocycles. The molecule has 3 saturated heterocycles. The van der Waals surface area contributed by atoms with E-state index in [0.29, 0.717) is 53.9 Å². The minimum Gasteiger partial charge on any atom is -0.479 e. The first-order valence-corrected chi connectivity index (χ1v) is 16.2. The number of piperidine rings is 1. The number of hydrogen-bond acceptors (Lipinski definition) is 10. The van der Waals surface area contributed by atoms with Gasteiger partial charge in [-0.1, -0.05) is 12.1 Å². The molecule has 0 spiro atoms. The number of hydroxylamine groups is 1. The molecule has 0 amide bonds. The van der Waals surface area contributed by atoms with E-state index in [4.69, 9.17) is 14.6 Å².